The Bertz CT molecular complexity index is 765. The molecule has 1 amide bonds. The third-order valence-electron chi connectivity index (χ3n) is 3.05. The summed E-state index contributed by atoms with van der Waals surface area (Å²) in [6.45, 7) is 0.368. The number of amides is 1. The molecule has 100 valence electrons. The lowest BCUT2D eigenvalue weighted by Crippen LogP contribution is -2.14. The average molecular weight is 267 g/mol. The predicted octanol–water partition coefficient (Wildman–Crippen LogP) is 1.44. The molecule has 0 aliphatic heterocycles. The highest BCUT2D eigenvalue weighted by molar-refractivity contribution is 6.08. The first-order chi connectivity index (χ1) is 9.79. The van der Waals surface area contributed by atoms with Gasteiger partial charge in [0, 0.05) is 24.6 Å². The van der Waals surface area contributed by atoms with E-state index in [2.05, 4.69) is 15.4 Å². The molecule has 0 aliphatic rings. The van der Waals surface area contributed by atoms with Gasteiger partial charge in [0.25, 0.3) is 5.91 Å². The summed E-state index contributed by atoms with van der Waals surface area (Å²) in [5.41, 5.74) is 8.39. The van der Waals surface area contributed by atoms with Crippen molar-refractivity contribution in [2.45, 2.75) is 6.54 Å². The van der Waals surface area contributed by atoms with E-state index in [0.29, 0.717) is 23.3 Å². The molecule has 6 heteroatoms. The fourth-order valence-electron chi connectivity index (χ4n) is 2.02. The van der Waals surface area contributed by atoms with E-state index >= 15 is 0 Å². The number of nitrogens with one attached hydrogen (secondary N) is 1. The zero-order valence-electron chi connectivity index (χ0n) is 10.7. The summed E-state index contributed by atoms with van der Waals surface area (Å²) in [6, 6.07) is 7.45. The van der Waals surface area contributed by atoms with E-state index in [1.165, 1.54) is 6.20 Å². The zero-order chi connectivity index (χ0) is 13.9. The number of nitrogens with two attached hydrogens (primary N) is 1. The van der Waals surface area contributed by atoms with Gasteiger partial charge in [-0.05, 0) is 11.6 Å². The third kappa shape index (κ3) is 2.12. The van der Waals surface area contributed by atoms with E-state index < -0.39 is 0 Å². The molecule has 0 spiro atoms. The predicted molar refractivity (Wildman–Crippen MR) is 75.3 cm³/mol. The van der Waals surface area contributed by atoms with Crippen LogP contribution < -0.4 is 11.1 Å². The summed E-state index contributed by atoms with van der Waals surface area (Å²) >= 11 is 0. The number of rotatable bonds is 3. The minimum Gasteiger partial charge on any atom is -0.326 e. The molecule has 0 bridgehead atoms. The van der Waals surface area contributed by atoms with Gasteiger partial charge in [-0.25, -0.2) is 4.52 Å². The van der Waals surface area contributed by atoms with Crippen LogP contribution in [0.3, 0.4) is 0 Å². The van der Waals surface area contributed by atoms with Gasteiger partial charge in [0.1, 0.15) is 0 Å². The number of aromatic nitrogens is 3. The van der Waals surface area contributed by atoms with E-state index in [4.69, 9.17) is 5.73 Å². The van der Waals surface area contributed by atoms with Crippen molar-refractivity contribution in [3.05, 3.63) is 60.2 Å². The molecular weight excluding hydrogens is 254 g/mol. The number of anilines is 1. The Morgan fingerprint density at radius 3 is 3.00 bits per heavy atom. The van der Waals surface area contributed by atoms with Crippen molar-refractivity contribution >= 4 is 17.1 Å². The molecule has 20 heavy (non-hydrogen) atoms. The third-order valence-corrected chi connectivity index (χ3v) is 3.05. The quantitative estimate of drug-likeness (QED) is 0.752. The Morgan fingerprint density at radius 2 is 2.15 bits per heavy atom. The van der Waals surface area contributed by atoms with Gasteiger partial charge in [-0.1, -0.05) is 18.2 Å². The summed E-state index contributed by atoms with van der Waals surface area (Å²) < 4.78 is 1.61. The molecule has 2 heterocycles. The van der Waals surface area contributed by atoms with Crippen LogP contribution in [0, 0.1) is 0 Å². The van der Waals surface area contributed by atoms with Crippen LogP contribution in [0.1, 0.15) is 15.9 Å². The second-order valence-electron chi connectivity index (χ2n) is 4.28. The lowest BCUT2D eigenvalue weighted by atomic mass is 10.1. The van der Waals surface area contributed by atoms with Gasteiger partial charge in [0.15, 0.2) is 0 Å². The van der Waals surface area contributed by atoms with Crippen LogP contribution in [0.2, 0.25) is 0 Å². The second kappa shape index (κ2) is 5.10. The van der Waals surface area contributed by atoms with Crippen molar-refractivity contribution in [3.8, 4) is 0 Å². The molecule has 3 aromatic rings. The van der Waals surface area contributed by atoms with Gasteiger partial charge in [0.05, 0.1) is 23.5 Å². The Labute approximate surface area is 115 Å². The Kier molecular flexibility index (Phi) is 3.14. The topological polar surface area (TPSA) is 85.3 Å². The van der Waals surface area contributed by atoms with Crippen LogP contribution in [0.15, 0.2) is 49.1 Å². The van der Waals surface area contributed by atoms with Crippen molar-refractivity contribution in [3.63, 3.8) is 0 Å². The summed E-state index contributed by atoms with van der Waals surface area (Å²) in [7, 11) is 0. The van der Waals surface area contributed by atoms with Crippen molar-refractivity contribution in [2.75, 3.05) is 5.32 Å². The van der Waals surface area contributed by atoms with E-state index in [1.807, 2.05) is 24.3 Å². The molecule has 1 aromatic carbocycles. The van der Waals surface area contributed by atoms with Crippen LogP contribution in [0.5, 0.6) is 0 Å². The molecule has 3 N–H and O–H groups in total. The highest BCUT2D eigenvalue weighted by Gasteiger charge is 2.13. The van der Waals surface area contributed by atoms with Crippen LogP contribution in [0.25, 0.3) is 5.52 Å². The zero-order valence-corrected chi connectivity index (χ0v) is 10.7. The van der Waals surface area contributed by atoms with Gasteiger partial charge in [-0.2, -0.15) is 5.10 Å². The molecule has 0 aliphatic carbocycles. The number of nitrogens with zero attached hydrogens (tertiary/aromatic N) is 3. The number of carbonyl (C=O) groups excluding carboxylic acids is 1. The molecule has 6 nitrogen and oxygen atoms in total. The highest BCUT2D eigenvalue weighted by Crippen LogP contribution is 2.17. The first kappa shape index (κ1) is 12.3. The summed E-state index contributed by atoms with van der Waals surface area (Å²) in [5.74, 6) is -0.228. The number of para-hydroxylation sites is 1. The number of benzene rings is 1. The molecule has 2 aromatic heterocycles. The first-order valence-corrected chi connectivity index (χ1v) is 6.16. The maximum Gasteiger partial charge on any atom is 0.259 e. The SMILES string of the molecule is NCc1ccccc1NC(=O)c1cnn2ccncc12. The monoisotopic (exact) mass is 267 g/mol. The lowest BCUT2D eigenvalue weighted by Gasteiger charge is -2.08. The first-order valence-electron chi connectivity index (χ1n) is 6.16. The number of carbonyl (C=O) groups is 1. The molecule has 0 saturated carbocycles. The molecule has 0 saturated heterocycles. The second-order valence-corrected chi connectivity index (χ2v) is 4.28. The number of hydrogen-bond donors (Lipinski definition) is 2. The number of hydrogen-bond acceptors (Lipinski definition) is 4. The fourth-order valence-corrected chi connectivity index (χ4v) is 2.02. The molecule has 0 atom stereocenters. The van der Waals surface area contributed by atoms with Crippen LogP contribution in [-0.4, -0.2) is 20.5 Å². The molecular formula is C14H13N5O. The maximum atomic E-state index is 12.3. The molecule has 3 rings (SSSR count). The van der Waals surface area contributed by atoms with Gasteiger partial charge < -0.3 is 11.1 Å². The van der Waals surface area contributed by atoms with E-state index in [1.54, 1.807) is 23.1 Å². The fraction of sp³-hybridized carbons (Fsp3) is 0.0714. The van der Waals surface area contributed by atoms with E-state index in [-0.39, 0.29) is 5.91 Å². The molecule has 0 fully saturated rings. The van der Waals surface area contributed by atoms with Crippen molar-refractivity contribution < 1.29 is 4.79 Å². The smallest absolute Gasteiger partial charge is 0.259 e. The van der Waals surface area contributed by atoms with Crippen LogP contribution >= 0.6 is 0 Å². The van der Waals surface area contributed by atoms with Crippen LogP contribution in [0.4, 0.5) is 5.69 Å². The summed E-state index contributed by atoms with van der Waals surface area (Å²) in [6.07, 6.45) is 6.44. The largest absolute Gasteiger partial charge is 0.326 e. The van der Waals surface area contributed by atoms with Crippen molar-refractivity contribution in [1.82, 2.24) is 14.6 Å². The summed E-state index contributed by atoms with van der Waals surface area (Å²) in [4.78, 5) is 16.3. The van der Waals surface area contributed by atoms with E-state index in [9.17, 15) is 4.79 Å². The van der Waals surface area contributed by atoms with Gasteiger partial charge in [0.2, 0.25) is 0 Å². The summed E-state index contributed by atoms with van der Waals surface area (Å²) in [5, 5.41) is 6.97. The Balaban J connectivity index is 1.93. The Hall–Kier alpha value is -2.73. The Morgan fingerprint density at radius 1 is 1.30 bits per heavy atom. The standard InChI is InChI=1S/C14H13N5O/c15-7-10-3-1-2-4-12(10)18-14(20)11-8-17-19-6-5-16-9-13(11)19/h1-6,8-9H,7,15H2,(H,18,20). The van der Waals surface area contributed by atoms with Crippen molar-refractivity contribution in [1.29, 1.82) is 0 Å². The van der Waals surface area contributed by atoms with Gasteiger partial charge in [-0.3, -0.25) is 9.78 Å². The number of fused-ring (bicyclic) bond motifs is 1. The normalized spacial score (nSPS) is 10.7. The van der Waals surface area contributed by atoms with Crippen molar-refractivity contribution in [2.24, 2.45) is 5.73 Å². The average Bonchev–Trinajstić information content (AvgIpc) is 2.92. The highest BCUT2D eigenvalue weighted by atomic mass is 16.1. The van der Waals surface area contributed by atoms with Gasteiger partial charge >= 0.3 is 0 Å². The lowest BCUT2D eigenvalue weighted by molar-refractivity contribution is 0.102. The minimum atomic E-state index is -0.228. The van der Waals surface area contributed by atoms with Gasteiger partial charge in [-0.15, -0.1) is 0 Å². The van der Waals surface area contributed by atoms with Crippen LogP contribution in [-0.2, 0) is 6.54 Å². The van der Waals surface area contributed by atoms with E-state index in [0.717, 1.165) is 5.56 Å². The maximum absolute atomic E-state index is 12.3. The molecule has 0 unspecified atom stereocenters. The minimum absolute atomic E-state index is 0.228. The molecule has 0 radical (unpaired) electrons.